The summed E-state index contributed by atoms with van der Waals surface area (Å²) in [6.45, 7) is 7.30. The van der Waals surface area contributed by atoms with Crippen LogP contribution in [-0.2, 0) is 11.2 Å². The molecule has 7 heteroatoms. The monoisotopic (exact) mass is 438 g/mol. The highest BCUT2D eigenvalue weighted by molar-refractivity contribution is 6.08. The van der Waals surface area contributed by atoms with Crippen LogP contribution in [0.2, 0.25) is 0 Å². The molecule has 6 nitrogen and oxygen atoms in total. The Morgan fingerprint density at radius 3 is 2.22 bits per heavy atom. The Labute approximate surface area is 188 Å². The number of halogens is 1. The van der Waals surface area contributed by atoms with E-state index in [-0.39, 0.29) is 18.1 Å². The van der Waals surface area contributed by atoms with E-state index in [4.69, 9.17) is 11.5 Å². The zero-order chi connectivity index (χ0) is 23.3. The molecule has 3 aromatic rings. The Morgan fingerprint density at radius 1 is 1.06 bits per heavy atom. The summed E-state index contributed by atoms with van der Waals surface area (Å²) in [6.07, 6.45) is 2.27. The molecule has 170 valence electrons. The predicted octanol–water partition coefficient (Wildman–Crippen LogP) is 3.56. The third-order valence-corrected chi connectivity index (χ3v) is 6.04. The Bertz CT molecular complexity index is 1090. The molecule has 1 aromatic heterocycles. The van der Waals surface area contributed by atoms with E-state index in [1.54, 1.807) is 18.2 Å². The molecule has 0 aliphatic carbocycles. The summed E-state index contributed by atoms with van der Waals surface area (Å²) < 4.78 is 14.1. The molecule has 0 radical (unpaired) electrons. The van der Waals surface area contributed by atoms with Crippen LogP contribution in [0.5, 0.6) is 0 Å². The number of nitrogens with zero attached hydrogens (tertiary/aromatic N) is 2. The van der Waals surface area contributed by atoms with Gasteiger partial charge in [0.2, 0.25) is 5.91 Å². The van der Waals surface area contributed by atoms with Gasteiger partial charge in [-0.3, -0.25) is 9.59 Å². The van der Waals surface area contributed by atoms with E-state index in [9.17, 15) is 14.0 Å². The van der Waals surface area contributed by atoms with E-state index < -0.39 is 5.91 Å². The molecule has 0 spiro atoms. The highest BCUT2D eigenvalue weighted by Crippen LogP contribution is 2.34. The second-order valence-corrected chi connectivity index (χ2v) is 8.15. The van der Waals surface area contributed by atoms with Crippen molar-refractivity contribution < 1.29 is 14.0 Å². The number of carbonyl (C=O) groups is 2. The van der Waals surface area contributed by atoms with Crippen molar-refractivity contribution in [1.82, 2.24) is 9.47 Å². The average Bonchev–Trinajstić information content (AvgIpc) is 3.05. The van der Waals surface area contributed by atoms with Crippen LogP contribution < -0.4 is 11.5 Å². The van der Waals surface area contributed by atoms with E-state index in [1.807, 2.05) is 25.1 Å². The second-order valence-electron chi connectivity index (χ2n) is 8.15. The van der Waals surface area contributed by atoms with E-state index in [2.05, 4.69) is 16.4 Å². The Kier molecular flexibility index (Phi) is 7.64. The standard InChI is InChI=1S/C19H26N4O2.C6H5F/c1-3-22-8-6-14(7-9-22)23-12(2)18(19(21)25)15-5-4-13(10-16(15)23)11-17(20)24;7-6-4-2-1-3-5-6/h4-5,10,14H,3,6-9,11H2,1-2H3,(H2,20,24)(H2,21,25);1-5H. The lowest BCUT2D eigenvalue weighted by Gasteiger charge is -2.33. The molecule has 1 fully saturated rings. The van der Waals surface area contributed by atoms with Crippen molar-refractivity contribution in [3.63, 3.8) is 0 Å². The van der Waals surface area contributed by atoms with Gasteiger partial charge in [-0.15, -0.1) is 0 Å². The molecule has 2 heterocycles. The van der Waals surface area contributed by atoms with Gasteiger partial charge in [-0.1, -0.05) is 37.3 Å². The lowest BCUT2D eigenvalue weighted by atomic mass is 10.0. The summed E-state index contributed by atoms with van der Waals surface area (Å²) in [5.74, 6) is -0.946. The van der Waals surface area contributed by atoms with Crippen LogP contribution >= 0.6 is 0 Å². The third-order valence-electron chi connectivity index (χ3n) is 6.04. The molecule has 0 unspecified atom stereocenters. The van der Waals surface area contributed by atoms with Gasteiger partial charge in [-0.2, -0.15) is 0 Å². The van der Waals surface area contributed by atoms with Gasteiger partial charge in [0.05, 0.1) is 12.0 Å². The van der Waals surface area contributed by atoms with Gasteiger partial charge in [0.25, 0.3) is 5.91 Å². The fourth-order valence-corrected chi connectivity index (χ4v) is 4.49. The summed E-state index contributed by atoms with van der Waals surface area (Å²) in [6, 6.07) is 14.0. The molecule has 1 aliphatic rings. The first-order valence-electron chi connectivity index (χ1n) is 11.0. The number of primary amides is 2. The Morgan fingerprint density at radius 2 is 1.72 bits per heavy atom. The number of amides is 2. The van der Waals surface area contributed by atoms with Crippen molar-refractivity contribution in [1.29, 1.82) is 0 Å². The van der Waals surface area contributed by atoms with Crippen LogP contribution in [0.25, 0.3) is 10.9 Å². The number of hydrogen-bond donors (Lipinski definition) is 2. The summed E-state index contributed by atoms with van der Waals surface area (Å²) in [5.41, 5.74) is 14.3. The molecular weight excluding hydrogens is 407 g/mol. The van der Waals surface area contributed by atoms with Gasteiger partial charge in [0, 0.05) is 35.7 Å². The summed E-state index contributed by atoms with van der Waals surface area (Å²) >= 11 is 0. The molecular formula is C25H31FN4O2. The Balaban J connectivity index is 0.000000352. The highest BCUT2D eigenvalue weighted by atomic mass is 19.1. The topological polar surface area (TPSA) is 94.3 Å². The number of carbonyl (C=O) groups excluding carboxylic acids is 2. The van der Waals surface area contributed by atoms with Crippen LogP contribution in [-0.4, -0.2) is 40.9 Å². The fourth-order valence-electron chi connectivity index (χ4n) is 4.49. The predicted molar refractivity (Wildman–Crippen MR) is 125 cm³/mol. The summed E-state index contributed by atoms with van der Waals surface area (Å²) in [5, 5.41) is 0.858. The number of fused-ring (bicyclic) bond motifs is 1. The van der Waals surface area contributed by atoms with Crippen molar-refractivity contribution in [3.05, 3.63) is 71.2 Å². The normalized spacial score (nSPS) is 14.7. The summed E-state index contributed by atoms with van der Waals surface area (Å²) in [7, 11) is 0. The van der Waals surface area contributed by atoms with E-state index in [1.165, 1.54) is 12.1 Å². The SMILES string of the molecule is CCN1CCC(n2c(C)c(C(N)=O)c3ccc(CC(N)=O)cc32)CC1.Fc1ccccc1. The zero-order valence-electron chi connectivity index (χ0n) is 18.7. The van der Waals surface area contributed by atoms with E-state index in [0.717, 1.165) is 54.6 Å². The molecule has 0 bridgehead atoms. The van der Waals surface area contributed by atoms with Crippen molar-refractivity contribution in [3.8, 4) is 0 Å². The van der Waals surface area contributed by atoms with Crippen LogP contribution in [0.15, 0.2) is 48.5 Å². The van der Waals surface area contributed by atoms with Crippen molar-refractivity contribution in [2.24, 2.45) is 11.5 Å². The first-order chi connectivity index (χ1) is 15.3. The van der Waals surface area contributed by atoms with Crippen molar-refractivity contribution in [2.45, 2.75) is 39.2 Å². The molecule has 4 rings (SSSR count). The zero-order valence-corrected chi connectivity index (χ0v) is 18.7. The maximum Gasteiger partial charge on any atom is 0.251 e. The van der Waals surface area contributed by atoms with Gasteiger partial charge in [0.1, 0.15) is 5.82 Å². The van der Waals surface area contributed by atoms with E-state index >= 15 is 0 Å². The lowest BCUT2D eigenvalue weighted by molar-refractivity contribution is -0.117. The van der Waals surface area contributed by atoms with Gasteiger partial charge < -0.3 is 20.9 Å². The molecule has 2 amide bonds. The summed E-state index contributed by atoms with van der Waals surface area (Å²) in [4.78, 5) is 25.7. The third kappa shape index (κ3) is 5.34. The molecule has 32 heavy (non-hydrogen) atoms. The minimum absolute atomic E-state index is 0.178. The van der Waals surface area contributed by atoms with Crippen molar-refractivity contribution in [2.75, 3.05) is 19.6 Å². The number of aromatic nitrogens is 1. The van der Waals surface area contributed by atoms with Gasteiger partial charge in [-0.05, 0) is 50.1 Å². The molecule has 2 aromatic carbocycles. The quantitative estimate of drug-likeness (QED) is 0.638. The van der Waals surface area contributed by atoms with Crippen molar-refractivity contribution >= 4 is 22.7 Å². The number of benzene rings is 2. The van der Waals surface area contributed by atoms with Gasteiger partial charge in [-0.25, -0.2) is 4.39 Å². The van der Waals surface area contributed by atoms with Crippen LogP contribution in [0, 0.1) is 12.7 Å². The first kappa shape index (κ1) is 23.5. The largest absolute Gasteiger partial charge is 0.369 e. The minimum Gasteiger partial charge on any atom is -0.369 e. The smallest absolute Gasteiger partial charge is 0.251 e. The second kappa shape index (κ2) is 10.4. The number of piperidine rings is 1. The van der Waals surface area contributed by atoms with Gasteiger partial charge >= 0.3 is 0 Å². The first-order valence-corrected chi connectivity index (χ1v) is 11.0. The maximum absolute atomic E-state index is 12.0. The minimum atomic E-state index is -0.408. The molecule has 1 aliphatic heterocycles. The average molecular weight is 439 g/mol. The van der Waals surface area contributed by atoms with Crippen LogP contribution in [0.3, 0.4) is 0 Å². The molecule has 1 saturated heterocycles. The van der Waals surface area contributed by atoms with Crippen LogP contribution in [0.4, 0.5) is 4.39 Å². The van der Waals surface area contributed by atoms with E-state index in [0.29, 0.717) is 11.6 Å². The number of nitrogens with two attached hydrogens (primary N) is 2. The number of likely N-dealkylation sites (tertiary alicyclic amines) is 1. The lowest BCUT2D eigenvalue weighted by Crippen LogP contribution is -2.34. The number of rotatable bonds is 5. The highest BCUT2D eigenvalue weighted by Gasteiger charge is 2.26. The Hall–Kier alpha value is -3.19. The molecule has 0 atom stereocenters. The molecule has 0 saturated carbocycles. The number of hydrogen-bond acceptors (Lipinski definition) is 3. The van der Waals surface area contributed by atoms with Gasteiger partial charge in [0.15, 0.2) is 0 Å². The molecule has 4 N–H and O–H groups in total. The maximum atomic E-state index is 12.0. The van der Waals surface area contributed by atoms with Crippen LogP contribution in [0.1, 0.15) is 47.4 Å². The fraction of sp³-hybridized carbons (Fsp3) is 0.360.